The normalized spacial score (nSPS) is 12.7. The third-order valence-corrected chi connectivity index (χ3v) is 2.11. The minimum absolute atomic E-state index is 0.0945. The monoisotopic (exact) mass is 213 g/mol. The molecule has 1 amide bonds. The van der Waals surface area contributed by atoms with Gasteiger partial charge in [0, 0.05) is 13.0 Å². The highest BCUT2D eigenvalue weighted by Gasteiger charge is 2.05. The molecule has 0 spiro atoms. The molecule has 4 heteroatoms. The number of hydrogen-bond acceptors (Lipinski definition) is 2. The molecule has 1 unspecified atom stereocenters. The number of allylic oxidation sites excluding steroid dienone is 1. The zero-order chi connectivity index (χ0) is 11.7. The van der Waals surface area contributed by atoms with E-state index in [2.05, 4.69) is 5.32 Å². The van der Waals surface area contributed by atoms with Crippen molar-refractivity contribution in [3.63, 3.8) is 0 Å². The average Bonchev–Trinajstić information content (AvgIpc) is 2.15. The molecular weight excluding hydrogens is 194 g/mol. The van der Waals surface area contributed by atoms with Gasteiger partial charge in [-0.15, -0.1) is 0 Å². The number of rotatable bonds is 7. The predicted molar refractivity (Wildman–Crippen MR) is 58.5 cm³/mol. The van der Waals surface area contributed by atoms with Gasteiger partial charge in [-0.05, 0) is 31.8 Å². The average molecular weight is 213 g/mol. The van der Waals surface area contributed by atoms with Crippen LogP contribution in [0.15, 0.2) is 12.2 Å². The van der Waals surface area contributed by atoms with Gasteiger partial charge in [-0.2, -0.15) is 0 Å². The van der Waals surface area contributed by atoms with Crippen LogP contribution in [0.1, 0.15) is 33.1 Å². The van der Waals surface area contributed by atoms with Crippen molar-refractivity contribution in [2.24, 2.45) is 5.92 Å². The van der Waals surface area contributed by atoms with Crippen LogP contribution in [0.25, 0.3) is 0 Å². The fourth-order valence-electron chi connectivity index (χ4n) is 1.17. The Kier molecular flexibility index (Phi) is 7.32. The van der Waals surface area contributed by atoms with Crippen molar-refractivity contribution in [3.8, 4) is 0 Å². The summed E-state index contributed by atoms with van der Waals surface area (Å²) in [6.45, 7) is 4.38. The molecule has 0 aliphatic heterocycles. The molecule has 1 atom stereocenters. The van der Waals surface area contributed by atoms with Crippen molar-refractivity contribution in [1.29, 1.82) is 0 Å². The van der Waals surface area contributed by atoms with Gasteiger partial charge in [-0.1, -0.05) is 13.0 Å². The fraction of sp³-hybridized carbons (Fsp3) is 0.636. The van der Waals surface area contributed by atoms with Gasteiger partial charge >= 0.3 is 5.97 Å². The second kappa shape index (κ2) is 8.03. The second-order valence-corrected chi connectivity index (χ2v) is 3.62. The lowest BCUT2D eigenvalue weighted by molar-refractivity contribution is -0.137. The minimum Gasteiger partial charge on any atom is -0.481 e. The summed E-state index contributed by atoms with van der Waals surface area (Å²) < 4.78 is 0. The minimum atomic E-state index is -0.764. The van der Waals surface area contributed by atoms with Crippen molar-refractivity contribution in [2.45, 2.75) is 33.1 Å². The van der Waals surface area contributed by atoms with E-state index in [1.807, 2.05) is 6.92 Å². The van der Waals surface area contributed by atoms with Crippen molar-refractivity contribution >= 4 is 11.9 Å². The highest BCUT2D eigenvalue weighted by Crippen LogP contribution is 2.08. The highest BCUT2D eigenvalue weighted by molar-refractivity contribution is 5.87. The van der Waals surface area contributed by atoms with E-state index in [0.29, 0.717) is 18.9 Å². The molecule has 0 bridgehead atoms. The van der Waals surface area contributed by atoms with Crippen LogP contribution in [0.4, 0.5) is 0 Å². The maximum absolute atomic E-state index is 11.0. The van der Waals surface area contributed by atoms with E-state index in [9.17, 15) is 9.59 Å². The summed E-state index contributed by atoms with van der Waals surface area (Å²) in [5.41, 5.74) is 0. The fourth-order valence-corrected chi connectivity index (χ4v) is 1.17. The Hall–Kier alpha value is -1.32. The molecule has 4 nitrogen and oxygen atoms in total. The van der Waals surface area contributed by atoms with E-state index < -0.39 is 5.97 Å². The van der Waals surface area contributed by atoms with Crippen LogP contribution in [0, 0.1) is 5.92 Å². The molecule has 0 radical (unpaired) electrons. The summed E-state index contributed by atoms with van der Waals surface area (Å²) in [7, 11) is 0. The molecule has 0 aromatic rings. The van der Waals surface area contributed by atoms with Crippen molar-refractivity contribution < 1.29 is 14.7 Å². The molecule has 0 rings (SSSR count). The highest BCUT2D eigenvalue weighted by atomic mass is 16.4. The summed E-state index contributed by atoms with van der Waals surface area (Å²) in [4.78, 5) is 21.3. The van der Waals surface area contributed by atoms with Crippen LogP contribution in [-0.2, 0) is 9.59 Å². The smallest absolute Gasteiger partial charge is 0.303 e. The first-order valence-electron chi connectivity index (χ1n) is 5.18. The van der Waals surface area contributed by atoms with E-state index >= 15 is 0 Å². The molecule has 0 heterocycles. The van der Waals surface area contributed by atoms with Crippen LogP contribution < -0.4 is 5.32 Å². The molecule has 0 aliphatic carbocycles. The molecule has 0 saturated carbocycles. The lowest BCUT2D eigenvalue weighted by Gasteiger charge is -2.09. The maximum atomic E-state index is 11.0. The van der Waals surface area contributed by atoms with Crippen molar-refractivity contribution in [1.82, 2.24) is 5.32 Å². The molecule has 86 valence electrons. The SMILES string of the molecule is CC=CC(=O)NCCC(C)CCC(=O)O. The van der Waals surface area contributed by atoms with Gasteiger partial charge in [0.2, 0.25) is 5.91 Å². The summed E-state index contributed by atoms with van der Waals surface area (Å²) in [5.74, 6) is -0.533. The molecule has 0 aromatic carbocycles. The third kappa shape index (κ3) is 9.00. The lowest BCUT2D eigenvalue weighted by Crippen LogP contribution is -2.23. The molecule has 15 heavy (non-hydrogen) atoms. The van der Waals surface area contributed by atoms with Crippen LogP contribution in [0.3, 0.4) is 0 Å². The van der Waals surface area contributed by atoms with Crippen LogP contribution in [0.2, 0.25) is 0 Å². The van der Waals surface area contributed by atoms with Gasteiger partial charge in [0.15, 0.2) is 0 Å². The largest absolute Gasteiger partial charge is 0.481 e. The topological polar surface area (TPSA) is 66.4 Å². The third-order valence-electron chi connectivity index (χ3n) is 2.11. The summed E-state index contributed by atoms with van der Waals surface area (Å²) in [5, 5.41) is 11.2. The number of carbonyl (C=O) groups is 2. The number of carboxylic acid groups (broad SMARTS) is 1. The van der Waals surface area contributed by atoms with Crippen LogP contribution in [-0.4, -0.2) is 23.5 Å². The Morgan fingerprint density at radius 2 is 2.07 bits per heavy atom. The van der Waals surface area contributed by atoms with Crippen LogP contribution >= 0.6 is 0 Å². The summed E-state index contributed by atoms with van der Waals surface area (Å²) in [6, 6.07) is 0. The van der Waals surface area contributed by atoms with Gasteiger partial charge in [0.05, 0.1) is 0 Å². The number of amides is 1. The quantitative estimate of drug-likeness (QED) is 0.631. The van der Waals surface area contributed by atoms with Gasteiger partial charge in [0.1, 0.15) is 0 Å². The zero-order valence-electron chi connectivity index (χ0n) is 9.32. The number of hydrogen-bond donors (Lipinski definition) is 2. The van der Waals surface area contributed by atoms with Gasteiger partial charge in [-0.3, -0.25) is 9.59 Å². The van der Waals surface area contributed by atoms with Crippen molar-refractivity contribution in [2.75, 3.05) is 6.54 Å². The Morgan fingerprint density at radius 3 is 2.60 bits per heavy atom. The number of carboxylic acids is 1. The second-order valence-electron chi connectivity index (χ2n) is 3.62. The Morgan fingerprint density at radius 1 is 1.40 bits per heavy atom. The Balaban J connectivity index is 3.50. The molecule has 0 saturated heterocycles. The van der Waals surface area contributed by atoms with E-state index in [1.165, 1.54) is 6.08 Å². The number of nitrogens with one attached hydrogen (secondary N) is 1. The zero-order valence-corrected chi connectivity index (χ0v) is 9.32. The molecule has 0 fully saturated rings. The summed E-state index contributed by atoms with van der Waals surface area (Å²) in [6.07, 6.45) is 4.83. The first kappa shape index (κ1) is 13.7. The van der Waals surface area contributed by atoms with Gasteiger partial charge < -0.3 is 10.4 Å². The lowest BCUT2D eigenvalue weighted by atomic mass is 10.0. The van der Waals surface area contributed by atoms with Crippen molar-refractivity contribution in [3.05, 3.63) is 12.2 Å². The van der Waals surface area contributed by atoms with E-state index in [-0.39, 0.29) is 12.3 Å². The van der Waals surface area contributed by atoms with E-state index in [1.54, 1.807) is 13.0 Å². The Labute approximate surface area is 90.4 Å². The molecule has 0 aromatic heterocycles. The van der Waals surface area contributed by atoms with Crippen LogP contribution in [0.5, 0.6) is 0 Å². The number of aliphatic carboxylic acids is 1. The Bertz CT molecular complexity index is 236. The van der Waals surface area contributed by atoms with E-state index in [0.717, 1.165) is 6.42 Å². The molecule has 0 aliphatic rings. The molecule has 2 N–H and O–H groups in total. The van der Waals surface area contributed by atoms with Gasteiger partial charge in [0.25, 0.3) is 0 Å². The van der Waals surface area contributed by atoms with E-state index in [4.69, 9.17) is 5.11 Å². The predicted octanol–water partition coefficient (Wildman–Crippen LogP) is 1.57. The first-order chi connectivity index (χ1) is 7.06. The van der Waals surface area contributed by atoms with Gasteiger partial charge in [-0.25, -0.2) is 0 Å². The standard InChI is InChI=1S/C11H19NO3/c1-3-4-10(13)12-8-7-9(2)5-6-11(14)15/h3-4,9H,5-8H2,1-2H3,(H,12,13)(H,14,15). The molecular formula is C11H19NO3. The first-order valence-corrected chi connectivity index (χ1v) is 5.18. The summed E-state index contributed by atoms with van der Waals surface area (Å²) >= 11 is 0. The number of carbonyl (C=O) groups excluding carboxylic acids is 1. The maximum Gasteiger partial charge on any atom is 0.303 e.